The molecular formula is C17H23N3O4. The molecule has 1 heterocycles. The molecule has 24 heavy (non-hydrogen) atoms. The minimum absolute atomic E-state index is 0.250. The average molecular weight is 333 g/mol. The number of amides is 3. The van der Waals surface area contributed by atoms with Crippen LogP contribution in [0.3, 0.4) is 0 Å². The Morgan fingerprint density at radius 3 is 2.38 bits per heavy atom. The monoisotopic (exact) mass is 333 g/mol. The molecule has 1 N–H and O–H groups in total. The molecule has 0 atom stereocenters. The summed E-state index contributed by atoms with van der Waals surface area (Å²) in [5.41, 5.74) is -0.693. The van der Waals surface area contributed by atoms with Gasteiger partial charge in [-0.1, -0.05) is 12.1 Å². The van der Waals surface area contributed by atoms with Crippen LogP contribution in [0.1, 0.15) is 13.8 Å². The maximum absolute atomic E-state index is 12.7. The van der Waals surface area contributed by atoms with Gasteiger partial charge in [0.1, 0.15) is 11.2 Å². The highest BCUT2D eigenvalue weighted by Gasteiger charge is 2.40. The van der Waals surface area contributed by atoms with Gasteiger partial charge >= 0.3 is 0 Å². The molecule has 130 valence electrons. The van der Waals surface area contributed by atoms with Gasteiger partial charge in [-0.25, -0.2) is 0 Å². The summed E-state index contributed by atoms with van der Waals surface area (Å²) in [4.78, 5) is 39.3. The lowest BCUT2D eigenvalue weighted by atomic mass is 9.89. The largest absolute Gasteiger partial charge is 0.495 e. The molecule has 0 aliphatic carbocycles. The number of rotatable bonds is 5. The molecule has 1 fully saturated rings. The Morgan fingerprint density at radius 1 is 1.17 bits per heavy atom. The highest BCUT2D eigenvalue weighted by molar-refractivity contribution is 6.10. The van der Waals surface area contributed by atoms with Gasteiger partial charge in [0, 0.05) is 26.2 Å². The predicted octanol–water partition coefficient (Wildman–Crippen LogP) is 0.960. The second kappa shape index (κ2) is 7.33. The van der Waals surface area contributed by atoms with Gasteiger partial charge in [-0.2, -0.15) is 0 Å². The average Bonchev–Trinajstić information content (AvgIpc) is 2.61. The lowest BCUT2D eigenvalue weighted by Crippen LogP contribution is -2.54. The zero-order chi connectivity index (χ0) is 17.7. The first kappa shape index (κ1) is 17.8. The zero-order valence-electron chi connectivity index (χ0n) is 14.2. The Labute approximate surface area is 141 Å². The van der Waals surface area contributed by atoms with Crippen LogP contribution in [0.5, 0.6) is 5.75 Å². The number of carbonyl (C=O) groups excluding carboxylic acids is 3. The maximum atomic E-state index is 12.7. The smallest absolute Gasteiger partial charge is 0.239 e. The molecule has 0 radical (unpaired) electrons. The third-order valence-corrected chi connectivity index (χ3v) is 4.21. The molecule has 3 amide bonds. The van der Waals surface area contributed by atoms with Gasteiger partial charge in [-0.15, -0.1) is 0 Å². The van der Waals surface area contributed by atoms with Gasteiger partial charge < -0.3 is 19.9 Å². The number of benzene rings is 1. The summed E-state index contributed by atoms with van der Waals surface area (Å²) in [5.74, 6) is -0.107. The Hall–Kier alpha value is -2.57. The first-order chi connectivity index (χ1) is 11.4. The van der Waals surface area contributed by atoms with E-state index in [9.17, 15) is 14.4 Å². The first-order valence-corrected chi connectivity index (χ1v) is 7.83. The number of piperazine rings is 1. The van der Waals surface area contributed by atoms with Gasteiger partial charge in [0.25, 0.3) is 0 Å². The lowest BCUT2D eigenvalue weighted by molar-refractivity contribution is -0.148. The minimum atomic E-state index is -1.22. The van der Waals surface area contributed by atoms with Crippen LogP contribution < -0.4 is 10.1 Å². The van der Waals surface area contributed by atoms with Gasteiger partial charge in [0.05, 0.1) is 12.8 Å². The van der Waals surface area contributed by atoms with Crippen molar-refractivity contribution in [3.05, 3.63) is 24.3 Å². The van der Waals surface area contributed by atoms with Crippen molar-refractivity contribution in [2.45, 2.75) is 13.8 Å². The SMILES string of the molecule is COc1ccccc1NC(=O)C(C)(C)C(=O)N1CCN(C=O)CC1. The molecular weight excluding hydrogens is 310 g/mol. The molecule has 0 spiro atoms. The summed E-state index contributed by atoms with van der Waals surface area (Å²) in [6, 6.07) is 7.05. The molecule has 0 saturated carbocycles. The van der Waals surface area contributed by atoms with Crippen LogP contribution in [0, 0.1) is 5.41 Å². The Bertz CT molecular complexity index is 622. The van der Waals surface area contributed by atoms with E-state index in [2.05, 4.69) is 5.32 Å². The first-order valence-electron chi connectivity index (χ1n) is 7.83. The minimum Gasteiger partial charge on any atom is -0.495 e. The van der Waals surface area contributed by atoms with Gasteiger partial charge in [-0.05, 0) is 26.0 Å². The Kier molecular flexibility index (Phi) is 5.43. The molecule has 0 aromatic heterocycles. The van der Waals surface area contributed by atoms with Crippen molar-refractivity contribution in [3.63, 3.8) is 0 Å². The summed E-state index contributed by atoms with van der Waals surface area (Å²) in [5, 5.41) is 2.76. The molecule has 1 aromatic carbocycles. The Morgan fingerprint density at radius 2 is 1.79 bits per heavy atom. The standard InChI is InChI=1S/C17H23N3O4/c1-17(2,16(23)20-10-8-19(12-21)9-11-20)15(22)18-13-6-4-5-7-14(13)24-3/h4-7,12H,8-11H2,1-3H3,(H,18,22). The van der Waals surface area contributed by atoms with Crippen LogP contribution in [-0.2, 0) is 14.4 Å². The van der Waals surface area contributed by atoms with E-state index in [1.165, 1.54) is 7.11 Å². The van der Waals surface area contributed by atoms with E-state index in [1.807, 2.05) is 0 Å². The van der Waals surface area contributed by atoms with Crippen LogP contribution in [0.15, 0.2) is 24.3 Å². The quantitative estimate of drug-likeness (QED) is 0.643. The zero-order valence-corrected chi connectivity index (χ0v) is 14.2. The summed E-state index contributed by atoms with van der Waals surface area (Å²) >= 11 is 0. The maximum Gasteiger partial charge on any atom is 0.239 e. The molecule has 1 aliphatic rings. The van der Waals surface area contributed by atoms with Crippen molar-refractivity contribution in [3.8, 4) is 5.75 Å². The van der Waals surface area contributed by atoms with Crippen molar-refractivity contribution in [1.82, 2.24) is 9.80 Å². The number of methoxy groups -OCH3 is 1. The number of nitrogens with one attached hydrogen (secondary N) is 1. The van der Waals surface area contributed by atoms with Crippen molar-refractivity contribution in [1.29, 1.82) is 0 Å². The van der Waals surface area contributed by atoms with E-state index < -0.39 is 11.3 Å². The second-order valence-electron chi connectivity index (χ2n) is 6.21. The van der Waals surface area contributed by atoms with Crippen molar-refractivity contribution < 1.29 is 19.1 Å². The topological polar surface area (TPSA) is 79.0 Å². The van der Waals surface area contributed by atoms with Gasteiger partial charge in [-0.3, -0.25) is 14.4 Å². The normalized spacial score (nSPS) is 15.0. The van der Waals surface area contributed by atoms with Crippen molar-refractivity contribution in [2.75, 3.05) is 38.6 Å². The highest BCUT2D eigenvalue weighted by Crippen LogP contribution is 2.27. The van der Waals surface area contributed by atoms with Gasteiger partial charge in [0.15, 0.2) is 0 Å². The number of nitrogens with zero attached hydrogens (tertiary/aromatic N) is 2. The third-order valence-electron chi connectivity index (χ3n) is 4.21. The van der Waals surface area contributed by atoms with Crippen LogP contribution in [0.2, 0.25) is 0 Å². The summed E-state index contributed by atoms with van der Waals surface area (Å²) in [6.07, 6.45) is 0.779. The fourth-order valence-corrected chi connectivity index (χ4v) is 2.55. The van der Waals surface area contributed by atoms with Crippen LogP contribution in [0.4, 0.5) is 5.69 Å². The van der Waals surface area contributed by atoms with Crippen molar-refractivity contribution >= 4 is 23.9 Å². The number of ether oxygens (including phenoxy) is 1. The number of anilines is 1. The van der Waals surface area contributed by atoms with E-state index in [1.54, 1.807) is 47.9 Å². The molecule has 1 aliphatic heterocycles. The summed E-state index contributed by atoms with van der Waals surface area (Å²) < 4.78 is 5.21. The summed E-state index contributed by atoms with van der Waals surface area (Å²) in [6.45, 7) is 5.04. The number of hydrogen-bond donors (Lipinski definition) is 1. The fourth-order valence-electron chi connectivity index (χ4n) is 2.55. The molecule has 7 nitrogen and oxygen atoms in total. The molecule has 1 saturated heterocycles. The van der Waals surface area contributed by atoms with Gasteiger partial charge in [0.2, 0.25) is 18.2 Å². The van der Waals surface area contributed by atoms with E-state index >= 15 is 0 Å². The number of para-hydroxylation sites is 2. The molecule has 2 rings (SSSR count). The van der Waals surface area contributed by atoms with E-state index in [4.69, 9.17) is 4.74 Å². The number of carbonyl (C=O) groups is 3. The van der Waals surface area contributed by atoms with Crippen LogP contribution in [0.25, 0.3) is 0 Å². The van der Waals surface area contributed by atoms with Crippen LogP contribution >= 0.6 is 0 Å². The summed E-state index contributed by atoms with van der Waals surface area (Å²) in [7, 11) is 1.52. The fraction of sp³-hybridized carbons (Fsp3) is 0.471. The molecule has 1 aromatic rings. The van der Waals surface area contributed by atoms with E-state index in [0.717, 1.165) is 6.41 Å². The Balaban J connectivity index is 2.07. The van der Waals surface area contributed by atoms with Crippen molar-refractivity contribution in [2.24, 2.45) is 5.41 Å². The molecule has 7 heteroatoms. The van der Waals surface area contributed by atoms with E-state index in [-0.39, 0.29) is 5.91 Å². The lowest BCUT2D eigenvalue weighted by Gasteiger charge is -2.36. The third kappa shape index (κ3) is 3.67. The predicted molar refractivity (Wildman–Crippen MR) is 89.6 cm³/mol. The molecule has 0 unspecified atom stereocenters. The van der Waals surface area contributed by atoms with Crippen LogP contribution in [-0.4, -0.2) is 61.3 Å². The molecule has 0 bridgehead atoms. The second-order valence-corrected chi connectivity index (χ2v) is 6.21. The van der Waals surface area contributed by atoms with E-state index in [0.29, 0.717) is 37.6 Å². The highest BCUT2D eigenvalue weighted by atomic mass is 16.5. The number of hydrogen-bond acceptors (Lipinski definition) is 4.